The number of likely N-dealkylation sites (tertiary alicyclic amines) is 1. The summed E-state index contributed by atoms with van der Waals surface area (Å²) in [6, 6.07) is 16.7. The summed E-state index contributed by atoms with van der Waals surface area (Å²) in [5, 5.41) is 14.6. The topological polar surface area (TPSA) is 121 Å². The van der Waals surface area contributed by atoms with Crippen molar-refractivity contribution in [2.75, 3.05) is 75.2 Å². The lowest BCUT2D eigenvalue weighted by Crippen LogP contribution is -2.53. The first-order valence-corrected chi connectivity index (χ1v) is 26.4. The number of hydrogen-bond donors (Lipinski definition) is 2. The van der Waals surface area contributed by atoms with E-state index in [0.29, 0.717) is 93.5 Å². The zero-order valence-corrected chi connectivity index (χ0v) is 43.2. The second kappa shape index (κ2) is 21.2. The van der Waals surface area contributed by atoms with Crippen LogP contribution in [0.5, 0.6) is 0 Å². The minimum absolute atomic E-state index is 0.0456. The van der Waals surface area contributed by atoms with E-state index in [1.807, 2.05) is 30.0 Å². The number of pyridine rings is 1. The minimum atomic E-state index is -4.33. The molecule has 0 spiro atoms. The Morgan fingerprint density at radius 3 is 2.03 bits per heavy atom. The molecule has 2 aromatic heterocycles. The second-order valence-corrected chi connectivity index (χ2v) is 22.4. The number of carbonyl (C=O) groups is 2. The Kier molecular flexibility index (Phi) is 15.4. The van der Waals surface area contributed by atoms with Gasteiger partial charge in [0.2, 0.25) is 11.8 Å². The summed E-state index contributed by atoms with van der Waals surface area (Å²) in [6.07, 6.45) is 1.63. The van der Waals surface area contributed by atoms with Crippen LogP contribution in [0.3, 0.4) is 0 Å². The molecule has 0 unspecified atom stereocenters. The lowest BCUT2D eigenvalue weighted by atomic mass is 9.88. The van der Waals surface area contributed by atoms with Crippen molar-refractivity contribution in [2.24, 2.45) is 0 Å². The molecule has 382 valence electrons. The third kappa shape index (κ3) is 11.2. The predicted molar refractivity (Wildman–Crippen MR) is 271 cm³/mol. The third-order valence-electron chi connectivity index (χ3n) is 15.7. The van der Waals surface area contributed by atoms with Crippen LogP contribution in [-0.4, -0.2) is 136 Å². The van der Waals surface area contributed by atoms with E-state index in [2.05, 4.69) is 78.9 Å². The summed E-state index contributed by atoms with van der Waals surface area (Å²) in [7, 11) is 0. The van der Waals surface area contributed by atoms with Crippen molar-refractivity contribution in [1.82, 2.24) is 35.0 Å². The van der Waals surface area contributed by atoms with Crippen LogP contribution >= 0.6 is 27.5 Å². The Bertz CT molecular complexity index is 2520. The van der Waals surface area contributed by atoms with Gasteiger partial charge in [0, 0.05) is 102 Å². The minimum Gasteiger partial charge on any atom is -0.387 e. The number of carbonyl (C=O) groups excluding carboxylic acids is 2. The molecule has 4 fully saturated rings. The lowest BCUT2D eigenvalue weighted by molar-refractivity contribution is -0.152. The maximum Gasteiger partial charge on any atom is 0.401 e. The van der Waals surface area contributed by atoms with Gasteiger partial charge in [0.25, 0.3) is 0 Å². The monoisotopic (exact) mass is 1070 g/mol. The van der Waals surface area contributed by atoms with Crippen LogP contribution in [0.25, 0.3) is 0 Å². The van der Waals surface area contributed by atoms with E-state index < -0.39 is 37.0 Å². The first-order valence-electron chi connectivity index (χ1n) is 25.2. The van der Waals surface area contributed by atoms with Gasteiger partial charge in [0.15, 0.2) is 0 Å². The average Bonchev–Trinajstić information content (AvgIpc) is 4.10. The maximum atomic E-state index is 14.4. The molecule has 6 aliphatic rings. The molecule has 2 aliphatic carbocycles. The van der Waals surface area contributed by atoms with Crippen LogP contribution in [0.15, 0.2) is 71.6 Å². The number of amides is 2. The highest BCUT2D eigenvalue weighted by atomic mass is 79.9. The summed E-state index contributed by atoms with van der Waals surface area (Å²) in [5.41, 5.74) is 6.19. The number of anilines is 2. The van der Waals surface area contributed by atoms with Gasteiger partial charge in [0.1, 0.15) is 18.3 Å². The van der Waals surface area contributed by atoms with Gasteiger partial charge in [-0.25, -0.2) is 14.4 Å². The van der Waals surface area contributed by atoms with E-state index in [1.165, 1.54) is 11.2 Å². The molecule has 0 saturated carbocycles. The Morgan fingerprint density at radius 2 is 1.39 bits per heavy atom. The number of piperazine rings is 2. The largest absolute Gasteiger partial charge is 0.401 e. The fourth-order valence-electron chi connectivity index (χ4n) is 12.2. The number of nitrogens with zero attached hydrogens (tertiary/aromatic N) is 8. The van der Waals surface area contributed by atoms with Crippen molar-refractivity contribution in [3.05, 3.63) is 110 Å². The van der Waals surface area contributed by atoms with Gasteiger partial charge in [-0.15, -0.1) is 0 Å². The van der Waals surface area contributed by atoms with Crippen molar-refractivity contribution < 1.29 is 32.3 Å². The second-order valence-electron chi connectivity index (χ2n) is 21.0. The Hall–Kier alpha value is -4.42. The van der Waals surface area contributed by atoms with Gasteiger partial charge in [-0.2, -0.15) is 13.2 Å². The van der Waals surface area contributed by atoms with E-state index in [1.54, 1.807) is 35.4 Å². The molecular weight excluding hydrogens is 1000 g/mol. The normalized spacial score (nSPS) is 26.2. The number of aromatic nitrogens is 3. The highest BCUT2D eigenvalue weighted by Crippen LogP contribution is 2.46. The number of aliphatic hydroxyl groups excluding tert-OH is 1. The first kappa shape index (κ1) is 51.5. The molecule has 4 aromatic rings. The van der Waals surface area contributed by atoms with Gasteiger partial charge >= 0.3 is 6.18 Å². The number of nitrogens with one attached hydrogen (secondary N) is 1. The number of hydrogen-bond acceptors (Lipinski definition) is 10. The Labute approximate surface area is 427 Å². The number of fused-ring (bicyclic) bond motifs is 2. The standard InChI is InChI=1S/C27H34BrFN4O.C26H31ClF3N5O2/c1-17-16-20(29)25-23(17)22(9-11-30-25)32-12-14-33(15-13-32)26(34)24(18-4-6-19(28)7-5-18)21-8-10-27(2,3)31-21;1-16-13-20(36)23-21(16)24(32-15-31-23)33-9-11-34(12-10-33)25(37)22(17-4-6-18(27)7-5-17)19-3-2-8-35(19)14-26(28,29)30/h4-7,9,11,17,20-21,24,31H,8,10,12-16H2,1-3H3;4-7,15-16,19-20,22,36H,2-3,8-14H2,1H3/t17-,20+,21+,24+;16-,19+,20-,22+/m11/s1. The molecule has 2 aromatic carbocycles. The Balaban J connectivity index is 0.000000176. The zero-order valence-electron chi connectivity index (χ0n) is 40.9. The molecule has 8 atom stereocenters. The highest BCUT2D eigenvalue weighted by molar-refractivity contribution is 9.10. The van der Waals surface area contributed by atoms with Crippen LogP contribution in [-0.2, 0) is 9.59 Å². The number of halogens is 6. The van der Waals surface area contributed by atoms with Gasteiger partial charge in [-0.1, -0.05) is 65.6 Å². The number of rotatable bonds is 9. The summed E-state index contributed by atoms with van der Waals surface area (Å²) < 4.78 is 55.4. The molecule has 71 heavy (non-hydrogen) atoms. The first-order chi connectivity index (χ1) is 33.9. The maximum absolute atomic E-state index is 14.4. The molecule has 0 bridgehead atoms. The molecule has 0 radical (unpaired) electrons. The summed E-state index contributed by atoms with van der Waals surface area (Å²) in [6.45, 7) is 12.7. The van der Waals surface area contributed by atoms with Crippen molar-refractivity contribution in [3.8, 4) is 0 Å². The van der Waals surface area contributed by atoms with E-state index in [9.17, 15) is 32.3 Å². The van der Waals surface area contributed by atoms with E-state index in [4.69, 9.17) is 11.6 Å². The summed E-state index contributed by atoms with van der Waals surface area (Å²) >= 11 is 9.59. The molecule has 6 heterocycles. The summed E-state index contributed by atoms with van der Waals surface area (Å²) in [4.78, 5) is 50.6. The SMILES string of the molecule is C[C@@H]1C[C@@H](O)c2ncnc(N3CCN(C(=O)[C@@H](c4ccc(Cl)cc4)[C@@H]4CCCN4CC(F)(F)F)CC3)c21.C[C@@H]1C[C@H](F)c2nccc(N3CCN(C(=O)[C@@H](c4ccc(Br)cc4)[C@@H]4CCC(C)(C)N4)CC3)c21. The van der Waals surface area contributed by atoms with Crippen molar-refractivity contribution in [1.29, 1.82) is 0 Å². The average molecular weight is 1070 g/mol. The van der Waals surface area contributed by atoms with Gasteiger partial charge in [-0.3, -0.25) is 19.5 Å². The molecular formula is C53H65BrClF4N9O3. The lowest BCUT2D eigenvalue weighted by Gasteiger charge is -2.40. The quantitative estimate of drug-likeness (QED) is 0.157. The van der Waals surface area contributed by atoms with Gasteiger partial charge in [0.05, 0.1) is 35.9 Å². The number of benzene rings is 2. The van der Waals surface area contributed by atoms with E-state index in [-0.39, 0.29) is 41.1 Å². The Morgan fingerprint density at radius 1 is 0.789 bits per heavy atom. The fourth-order valence-corrected chi connectivity index (χ4v) is 12.6. The van der Waals surface area contributed by atoms with E-state index >= 15 is 0 Å². The number of alkyl halides is 4. The molecule has 4 aliphatic heterocycles. The van der Waals surface area contributed by atoms with Crippen LogP contribution in [0.2, 0.25) is 5.02 Å². The molecule has 12 nitrogen and oxygen atoms in total. The molecule has 4 saturated heterocycles. The van der Waals surface area contributed by atoms with Crippen molar-refractivity contribution in [3.63, 3.8) is 0 Å². The van der Waals surface area contributed by atoms with Gasteiger partial charge in [-0.05, 0) is 112 Å². The third-order valence-corrected chi connectivity index (χ3v) is 16.5. The zero-order chi connectivity index (χ0) is 50.4. The molecule has 18 heteroatoms. The van der Waals surface area contributed by atoms with E-state index in [0.717, 1.165) is 58.6 Å². The van der Waals surface area contributed by atoms with Crippen molar-refractivity contribution in [2.45, 2.75) is 126 Å². The van der Waals surface area contributed by atoms with Crippen molar-refractivity contribution >= 4 is 50.9 Å². The molecule has 10 rings (SSSR count). The highest BCUT2D eigenvalue weighted by Gasteiger charge is 2.45. The van der Waals surface area contributed by atoms with Crippen LogP contribution in [0.1, 0.15) is 136 Å². The molecule has 2 N–H and O–H groups in total. The molecule has 2 amide bonds. The van der Waals surface area contributed by atoms with Gasteiger partial charge < -0.3 is 30.0 Å². The van der Waals surface area contributed by atoms with Crippen LogP contribution in [0.4, 0.5) is 29.1 Å². The fraction of sp³-hybridized carbons (Fsp3) is 0.566. The van der Waals surface area contributed by atoms with Crippen LogP contribution in [0, 0.1) is 0 Å². The summed E-state index contributed by atoms with van der Waals surface area (Å²) in [5.74, 6) is 0.254. The smallest absolute Gasteiger partial charge is 0.387 e. The number of aliphatic hydroxyl groups is 1. The predicted octanol–water partition coefficient (Wildman–Crippen LogP) is 9.45. The van der Waals surface area contributed by atoms with Crippen LogP contribution < -0.4 is 15.1 Å².